The Morgan fingerprint density at radius 1 is 1.38 bits per heavy atom. The maximum atomic E-state index is 12.3. The van der Waals surface area contributed by atoms with E-state index in [4.69, 9.17) is 4.74 Å². The fourth-order valence-corrected chi connectivity index (χ4v) is 3.03. The van der Waals surface area contributed by atoms with Gasteiger partial charge in [0.15, 0.2) is 0 Å². The van der Waals surface area contributed by atoms with E-state index < -0.39 is 5.60 Å². The zero-order valence-corrected chi connectivity index (χ0v) is 14.6. The van der Waals surface area contributed by atoms with Crippen molar-refractivity contribution in [1.82, 2.24) is 4.90 Å². The summed E-state index contributed by atoms with van der Waals surface area (Å²) in [6, 6.07) is 5.89. The maximum absolute atomic E-state index is 12.3. The Morgan fingerprint density at radius 2 is 2.12 bits per heavy atom. The van der Waals surface area contributed by atoms with Crippen LogP contribution in [0.15, 0.2) is 23.5 Å². The Morgan fingerprint density at radius 3 is 2.75 bits per heavy atom. The molecule has 1 saturated carbocycles. The molecule has 1 aliphatic heterocycles. The first-order valence-corrected chi connectivity index (χ1v) is 8.57. The van der Waals surface area contributed by atoms with Gasteiger partial charge in [-0.2, -0.15) is 0 Å². The van der Waals surface area contributed by atoms with Crippen molar-refractivity contribution in [3.05, 3.63) is 34.2 Å². The number of carbonyl (C=O) groups excluding carboxylic acids is 1. The van der Waals surface area contributed by atoms with E-state index in [0.29, 0.717) is 32.0 Å². The van der Waals surface area contributed by atoms with Gasteiger partial charge >= 0.3 is 6.09 Å². The molecule has 6 heteroatoms. The Balaban J connectivity index is 1.76. The third kappa shape index (κ3) is 3.86. The summed E-state index contributed by atoms with van der Waals surface area (Å²) in [4.78, 5) is 25.3. The summed E-state index contributed by atoms with van der Waals surface area (Å²) in [5, 5.41) is 4.81. The third-order valence-electron chi connectivity index (χ3n) is 4.40. The highest BCUT2D eigenvalue weighted by molar-refractivity contribution is 5.69. The van der Waals surface area contributed by atoms with Crippen LogP contribution >= 0.6 is 0 Å². The van der Waals surface area contributed by atoms with Crippen LogP contribution in [0.1, 0.15) is 44.7 Å². The van der Waals surface area contributed by atoms with E-state index in [1.54, 1.807) is 9.91 Å². The molecule has 1 aromatic rings. The van der Waals surface area contributed by atoms with Crippen LogP contribution in [0.25, 0.3) is 0 Å². The lowest BCUT2D eigenvalue weighted by Gasteiger charge is -2.32. The lowest BCUT2D eigenvalue weighted by molar-refractivity contribution is 0.0224. The van der Waals surface area contributed by atoms with E-state index in [1.807, 2.05) is 39.0 Å². The summed E-state index contributed by atoms with van der Waals surface area (Å²) >= 11 is 0. The van der Waals surface area contributed by atoms with E-state index in [0.717, 1.165) is 16.8 Å². The first kappa shape index (κ1) is 16.7. The molecular weight excluding hydrogens is 306 g/mol. The molecule has 0 aromatic heterocycles. The summed E-state index contributed by atoms with van der Waals surface area (Å²) < 4.78 is 5.46. The molecule has 0 spiro atoms. The van der Waals surface area contributed by atoms with Gasteiger partial charge in [0.25, 0.3) is 0 Å². The van der Waals surface area contributed by atoms with E-state index >= 15 is 0 Å². The highest BCUT2D eigenvalue weighted by atomic mass is 16.6. The number of carbonyl (C=O) groups is 1. The van der Waals surface area contributed by atoms with Gasteiger partial charge in [-0.05, 0) is 63.1 Å². The van der Waals surface area contributed by atoms with Crippen LogP contribution in [0.3, 0.4) is 0 Å². The number of amides is 1. The topological polar surface area (TPSA) is 62.2 Å². The van der Waals surface area contributed by atoms with Crippen molar-refractivity contribution >= 4 is 11.8 Å². The van der Waals surface area contributed by atoms with Gasteiger partial charge in [0.2, 0.25) is 0 Å². The van der Waals surface area contributed by atoms with Gasteiger partial charge in [0, 0.05) is 19.6 Å². The van der Waals surface area contributed by atoms with E-state index in [2.05, 4.69) is 5.29 Å². The minimum absolute atomic E-state index is 0.290. The molecule has 0 N–H and O–H groups in total. The van der Waals surface area contributed by atoms with Gasteiger partial charge in [-0.3, -0.25) is 0 Å². The van der Waals surface area contributed by atoms with Crippen LogP contribution in [0.5, 0.6) is 0 Å². The standard InChI is InChI=1S/C18H25N3O3/c1-18(2,3)24-17(22)20-10-9-15-14(12-20)5-4-6-16(15)21(19-23)11-13-7-8-13/h4-6,13H,7-12H2,1-3H3. The smallest absolute Gasteiger partial charge is 0.410 e. The maximum Gasteiger partial charge on any atom is 0.410 e. The van der Waals surface area contributed by atoms with Crippen molar-refractivity contribution in [1.29, 1.82) is 0 Å². The van der Waals surface area contributed by atoms with Crippen LogP contribution in [0.4, 0.5) is 10.5 Å². The van der Waals surface area contributed by atoms with Crippen molar-refractivity contribution in [2.45, 2.75) is 52.2 Å². The molecule has 0 bridgehead atoms. The Hall–Kier alpha value is -2.11. The van der Waals surface area contributed by atoms with Crippen molar-refractivity contribution in [3.8, 4) is 0 Å². The minimum Gasteiger partial charge on any atom is -0.444 e. The number of fused-ring (bicyclic) bond motifs is 1. The van der Waals surface area contributed by atoms with E-state index in [1.165, 1.54) is 12.8 Å². The predicted molar refractivity (Wildman–Crippen MR) is 92.7 cm³/mol. The number of nitroso groups, excluding NO2 is 1. The van der Waals surface area contributed by atoms with Gasteiger partial charge in [-0.1, -0.05) is 12.1 Å². The third-order valence-corrected chi connectivity index (χ3v) is 4.40. The summed E-state index contributed by atoms with van der Waals surface area (Å²) in [7, 11) is 0. The number of benzene rings is 1. The van der Waals surface area contributed by atoms with Crippen LogP contribution in [0, 0.1) is 10.8 Å². The summed E-state index contributed by atoms with van der Waals surface area (Å²) in [5.41, 5.74) is 2.58. The SMILES string of the molecule is CC(C)(C)OC(=O)N1CCc2c(cccc2N(CC2CC2)N=O)C1. The molecule has 1 amide bonds. The van der Waals surface area contributed by atoms with E-state index in [-0.39, 0.29) is 6.09 Å². The average molecular weight is 331 g/mol. The summed E-state index contributed by atoms with van der Waals surface area (Å²) in [6.07, 6.45) is 2.77. The van der Waals surface area contributed by atoms with Gasteiger partial charge in [-0.25, -0.2) is 9.80 Å². The average Bonchev–Trinajstić information content (AvgIpc) is 3.34. The zero-order valence-electron chi connectivity index (χ0n) is 14.6. The first-order chi connectivity index (χ1) is 11.4. The normalized spacial score (nSPS) is 17.2. The van der Waals surface area contributed by atoms with Crippen LogP contribution in [-0.4, -0.2) is 29.7 Å². The molecular formula is C18H25N3O3. The molecule has 1 heterocycles. The molecule has 0 saturated heterocycles. The van der Waals surface area contributed by atoms with Gasteiger partial charge in [0.05, 0.1) is 11.0 Å². The largest absolute Gasteiger partial charge is 0.444 e. The highest BCUT2D eigenvalue weighted by Crippen LogP contribution is 2.35. The molecule has 1 aromatic carbocycles. The van der Waals surface area contributed by atoms with Gasteiger partial charge < -0.3 is 9.64 Å². The molecule has 0 radical (unpaired) electrons. The minimum atomic E-state index is -0.498. The Kier molecular flexibility index (Phi) is 4.47. The molecule has 130 valence electrons. The lowest BCUT2D eigenvalue weighted by atomic mass is 9.97. The first-order valence-electron chi connectivity index (χ1n) is 8.57. The summed E-state index contributed by atoms with van der Waals surface area (Å²) in [6.45, 7) is 7.39. The molecule has 3 rings (SSSR count). The van der Waals surface area contributed by atoms with Gasteiger partial charge in [0.1, 0.15) is 5.60 Å². The van der Waals surface area contributed by atoms with E-state index in [9.17, 15) is 9.70 Å². The molecule has 1 fully saturated rings. The quantitative estimate of drug-likeness (QED) is 0.620. The van der Waals surface area contributed by atoms with Crippen LogP contribution in [-0.2, 0) is 17.7 Å². The number of rotatable bonds is 4. The van der Waals surface area contributed by atoms with Crippen molar-refractivity contribution in [2.24, 2.45) is 11.2 Å². The second-order valence-electron chi connectivity index (χ2n) is 7.67. The lowest BCUT2D eigenvalue weighted by Crippen LogP contribution is -2.40. The van der Waals surface area contributed by atoms with Crippen molar-refractivity contribution < 1.29 is 9.53 Å². The second-order valence-corrected chi connectivity index (χ2v) is 7.67. The molecule has 2 aliphatic rings. The zero-order chi connectivity index (χ0) is 17.3. The number of hydrogen-bond acceptors (Lipinski definition) is 4. The van der Waals surface area contributed by atoms with Crippen LogP contribution < -0.4 is 5.01 Å². The number of ether oxygens (including phenoxy) is 1. The molecule has 0 unspecified atom stereocenters. The number of anilines is 1. The molecule has 24 heavy (non-hydrogen) atoms. The monoisotopic (exact) mass is 331 g/mol. The van der Waals surface area contributed by atoms with Crippen molar-refractivity contribution in [2.75, 3.05) is 18.1 Å². The second kappa shape index (κ2) is 6.42. The summed E-state index contributed by atoms with van der Waals surface area (Å²) in [5.74, 6) is 0.584. The Bertz CT molecular complexity index is 635. The number of hydrogen-bond donors (Lipinski definition) is 0. The molecule has 1 aliphatic carbocycles. The predicted octanol–water partition coefficient (Wildman–Crippen LogP) is 3.88. The van der Waals surface area contributed by atoms with Gasteiger partial charge in [-0.15, -0.1) is 4.91 Å². The van der Waals surface area contributed by atoms with Crippen molar-refractivity contribution in [3.63, 3.8) is 0 Å². The molecule has 0 atom stereocenters. The van der Waals surface area contributed by atoms with Crippen LogP contribution in [0.2, 0.25) is 0 Å². The molecule has 6 nitrogen and oxygen atoms in total. The highest BCUT2D eigenvalue weighted by Gasteiger charge is 2.30. The fourth-order valence-electron chi connectivity index (χ4n) is 3.03. The fraction of sp³-hybridized carbons (Fsp3) is 0.611. The Labute approximate surface area is 142 Å². The number of nitrogens with zero attached hydrogens (tertiary/aromatic N) is 3.